The van der Waals surface area contributed by atoms with Crippen molar-refractivity contribution in [3.8, 4) is 5.69 Å². The molecule has 1 aliphatic carbocycles. The number of anilines is 1. The first-order valence-electron chi connectivity index (χ1n) is 9.40. The number of benzene rings is 2. The Bertz CT molecular complexity index is 1040. The molecule has 0 aliphatic heterocycles. The van der Waals surface area contributed by atoms with Gasteiger partial charge in [0.05, 0.1) is 22.7 Å². The van der Waals surface area contributed by atoms with E-state index in [2.05, 4.69) is 20.8 Å². The van der Waals surface area contributed by atoms with E-state index in [0.29, 0.717) is 16.4 Å². The molecule has 148 valence electrons. The first kappa shape index (κ1) is 19.2. The molecule has 1 heterocycles. The van der Waals surface area contributed by atoms with Gasteiger partial charge in [0.2, 0.25) is 5.91 Å². The largest absolute Gasteiger partial charge is 0.349 e. The molecular formula is C21H21N5O2S. The van der Waals surface area contributed by atoms with Crippen LogP contribution in [-0.2, 0) is 4.79 Å². The third-order valence-electron chi connectivity index (χ3n) is 4.58. The summed E-state index contributed by atoms with van der Waals surface area (Å²) in [6, 6.07) is 15.2. The van der Waals surface area contributed by atoms with Gasteiger partial charge in [-0.2, -0.15) is 0 Å². The van der Waals surface area contributed by atoms with Gasteiger partial charge in [-0.3, -0.25) is 14.2 Å². The molecule has 0 spiro atoms. The van der Waals surface area contributed by atoms with Crippen LogP contribution in [0, 0.1) is 6.92 Å². The number of carbonyl (C=O) groups is 2. The Hall–Kier alpha value is -3.13. The Balaban J connectivity index is 1.41. The van der Waals surface area contributed by atoms with E-state index in [1.54, 1.807) is 30.6 Å². The number of thioether (sulfide) groups is 1. The summed E-state index contributed by atoms with van der Waals surface area (Å²) in [6.07, 6.45) is 3.66. The molecule has 1 saturated carbocycles. The Morgan fingerprint density at radius 1 is 1.14 bits per heavy atom. The maximum Gasteiger partial charge on any atom is 0.253 e. The number of aromatic nitrogens is 3. The zero-order valence-corrected chi connectivity index (χ0v) is 16.8. The maximum atomic E-state index is 12.5. The smallest absolute Gasteiger partial charge is 0.253 e. The van der Waals surface area contributed by atoms with Crippen molar-refractivity contribution in [2.24, 2.45) is 0 Å². The van der Waals surface area contributed by atoms with Crippen molar-refractivity contribution < 1.29 is 9.59 Å². The third-order valence-corrected chi connectivity index (χ3v) is 5.53. The third kappa shape index (κ3) is 4.65. The summed E-state index contributed by atoms with van der Waals surface area (Å²) in [5.41, 5.74) is 3.05. The molecule has 2 aromatic carbocycles. The Morgan fingerprint density at radius 2 is 1.90 bits per heavy atom. The van der Waals surface area contributed by atoms with Gasteiger partial charge < -0.3 is 10.6 Å². The van der Waals surface area contributed by atoms with Gasteiger partial charge in [0, 0.05) is 6.04 Å². The van der Waals surface area contributed by atoms with E-state index in [1.165, 1.54) is 11.8 Å². The fraction of sp³-hybridized carbons (Fsp3) is 0.238. The van der Waals surface area contributed by atoms with Crippen molar-refractivity contribution in [1.29, 1.82) is 0 Å². The Morgan fingerprint density at radius 3 is 2.69 bits per heavy atom. The van der Waals surface area contributed by atoms with Crippen LogP contribution in [0.3, 0.4) is 0 Å². The lowest BCUT2D eigenvalue weighted by atomic mass is 10.1. The lowest BCUT2D eigenvalue weighted by Gasteiger charge is -2.11. The molecule has 0 atom stereocenters. The molecule has 7 nitrogen and oxygen atoms in total. The first-order chi connectivity index (χ1) is 14.1. The highest BCUT2D eigenvalue weighted by Gasteiger charge is 2.25. The molecule has 2 amide bonds. The van der Waals surface area contributed by atoms with Crippen molar-refractivity contribution in [2.45, 2.75) is 31.0 Å². The van der Waals surface area contributed by atoms with Gasteiger partial charge >= 0.3 is 0 Å². The number of para-hydroxylation sites is 2. The summed E-state index contributed by atoms with van der Waals surface area (Å²) in [5, 5.41) is 14.5. The van der Waals surface area contributed by atoms with Crippen LogP contribution in [0.1, 0.15) is 28.8 Å². The number of aryl methyl sites for hydroxylation is 1. The number of nitrogens with one attached hydrogen (secondary N) is 2. The molecule has 4 rings (SSSR count). The van der Waals surface area contributed by atoms with Crippen LogP contribution in [-0.4, -0.2) is 38.4 Å². The summed E-state index contributed by atoms with van der Waals surface area (Å²) >= 11 is 1.30. The van der Waals surface area contributed by atoms with Crippen LogP contribution in [0.25, 0.3) is 5.69 Å². The topological polar surface area (TPSA) is 88.9 Å². The summed E-state index contributed by atoms with van der Waals surface area (Å²) in [7, 11) is 0. The molecule has 29 heavy (non-hydrogen) atoms. The fourth-order valence-electron chi connectivity index (χ4n) is 2.92. The summed E-state index contributed by atoms with van der Waals surface area (Å²) in [5.74, 6) is -0.209. The van der Waals surface area contributed by atoms with E-state index in [0.717, 1.165) is 24.1 Å². The van der Waals surface area contributed by atoms with Crippen molar-refractivity contribution in [1.82, 2.24) is 20.1 Å². The molecular weight excluding hydrogens is 386 g/mol. The van der Waals surface area contributed by atoms with Crippen molar-refractivity contribution in [3.05, 3.63) is 66.0 Å². The maximum absolute atomic E-state index is 12.5. The van der Waals surface area contributed by atoms with Crippen LogP contribution in [0.4, 0.5) is 5.69 Å². The lowest BCUT2D eigenvalue weighted by molar-refractivity contribution is -0.113. The second-order valence-corrected chi connectivity index (χ2v) is 7.84. The van der Waals surface area contributed by atoms with Gasteiger partial charge in [-0.15, -0.1) is 10.2 Å². The number of hydrogen-bond acceptors (Lipinski definition) is 5. The van der Waals surface area contributed by atoms with Gasteiger partial charge in [0.15, 0.2) is 5.16 Å². The van der Waals surface area contributed by atoms with Crippen molar-refractivity contribution in [3.63, 3.8) is 0 Å². The molecule has 8 heteroatoms. The molecule has 1 aliphatic rings. The average molecular weight is 407 g/mol. The van der Waals surface area contributed by atoms with E-state index in [1.807, 2.05) is 35.8 Å². The molecule has 0 unspecified atom stereocenters. The second kappa shape index (κ2) is 8.48. The number of carbonyl (C=O) groups excluding carboxylic acids is 2. The summed E-state index contributed by atoms with van der Waals surface area (Å²) in [4.78, 5) is 24.9. The van der Waals surface area contributed by atoms with Gasteiger partial charge in [-0.1, -0.05) is 42.1 Å². The number of rotatable bonds is 7. The molecule has 1 fully saturated rings. The highest BCUT2D eigenvalue weighted by Crippen LogP contribution is 2.23. The quantitative estimate of drug-likeness (QED) is 0.587. The Labute approximate surface area is 172 Å². The van der Waals surface area contributed by atoms with E-state index >= 15 is 0 Å². The first-order valence-corrected chi connectivity index (χ1v) is 10.4. The standard InChI is InChI=1S/C21H21N5O2S/c1-14-6-2-5-9-18(14)26-13-22-25-21(26)29-12-19(27)24-17-8-4-3-7-16(17)20(28)23-15-10-11-15/h2-9,13,15H,10-12H2,1H3,(H,23,28)(H,24,27). The predicted octanol–water partition coefficient (Wildman–Crippen LogP) is 3.20. The molecule has 3 aromatic rings. The second-order valence-electron chi connectivity index (χ2n) is 6.90. The van der Waals surface area contributed by atoms with E-state index in [4.69, 9.17) is 0 Å². The van der Waals surface area contributed by atoms with E-state index in [-0.39, 0.29) is 23.6 Å². The van der Waals surface area contributed by atoms with Crippen LogP contribution in [0.15, 0.2) is 60.0 Å². The summed E-state index contributed by atoms with van der Waals surface area (Å²) in [6.45, 7) is 2.01. The number of nitrogens with zero attached hydrogens (tertiary/aromatic N) is 3. The van der Waals surface area contributed by atoms with E-state index in [9.17, 15) is 9.59 Å². The van der Waals surface area contributed by atoms with Crippen LogP contribution in [0.5, 0.6) is 0 Å². The zero-order valence-electron chi connectivity index (χ0n) is 16.0. The minimum Gasteiger partial charge on any atom is -0.349 e. The van der Waals surface area contributed by atoms with Gasteiger partial charge in [-0.05, 0) is 43.5 Å². The molecule has 0 radical (unpaired) electrons. The lowest BCUT2D eigenvalue weighted by Crippen LogP contribution is -2.27. The Kier molecular flexibility index (Phi) is 5.62. The molecule has 1 aromatic heterocycles. The highest BCUT2D eigenvalue weighted by atomic mass is 32.2. The van der Waals surface area contributed by atoms with Gasteiger partial charge in [-0.25, -0.2) is 0 Å². The van der Waals surface area contributed by atoms with Crippen molar-refractivity contribution in [2.75, 3.05) is 11.1 Å². The van der Waals surface area contributed by atoms with Crippen molar-refractivity contribution >= 4 is 29.3 Å². The molecule has 0 saturated heterocycles. The predicted molar refractivity (Wildman–Crippen MR) is 112 cm³/mol. The monoisotopic (exact) mass is 407 g/mol. The number of hydrogen-bond donors (Lipinski definition) is 2. The van der Waals surface area contributed by atoms with Crippen LogP contribution < -0.4 is 10.6 Å². The SMILES string of the molecule is Cc1ccccc1-n1cnnc1SCC(=O)Nc1ccccc1C(=O)NC1CC1. The normalized spacial score (nSPS) is 13.1. The minimum atomic E-state index is -0.207. The number of amides is 2. The molecule has 2 N–H and O–H groups in total. The fourth-order valence-corrected chi connectivity index (χ4v) is 3.64. The average Bonchev–Trinajstić information content (AvgIpc) is 3.41. The van der Waals surface area contributed by atoms with Gasteiger partial charge in [0.1, 0.15) is 6.33 Å². The highest BCUT2D eigenvalue weighted by molar-refractivity contribution is 7.99. The molecule has 0 bridgehead atoms. The van der Waals surface area contributed by atoms with Crippen LogP contribution in [0.2, 0.25) is 0 Å². The summed E-state index contributed by atoms with van der Waals surface area (Å²) < 4.78 is 1.87. The van der Waals surface area contributed by atoms with Gasteiger partial charge in [0.25, 0.3) is 5.91 Å². The zero-order chi connectivity index (χ0) is 20.2. The van der Waals surface area contributed by atoms with E-state index < -0.39 is 0 Å². The van der Waals surface area contributed by atoms with Crippen LogP contribution >= 0.6 is 11.8 Å². The minimum absolute atomic E-state index is 0.156.